The number of benzene rings is 1. The molecular weight excluding hydrogens is 225 g/mol. The minimum Gasteiger partial charge on any atom is -0.310 e. The summed E-state index contributed by atoms with van der Waals surface area (Å²) in [7, 11) is 0. The van der Waals surface area contributed by atoms with Crippen LogP contribution >= 0.6 is 11.6 Å². The van der Waals surface area contributed by atoms with E-state index in [0.717, 1.165) is 12.1 Å². The van der Waals surface area contributed by atoms with Crippen molar-refractivity contribution in [1.82, 2.24) is 5.32 Å². The summed E-state index contributed by atoms with van der Waals surface area (Å²) in [5, 5.41) is 3.69. The molecule has 0 spiro atoms. The van der Waals surface area contributed by atoms with Crippen LogP contribution in [0.3, 0.4) is 0 Å². The third-order valence-corrected chi connectivity index (χ3v) is 2.68. The Morgan fingerprint density at radius 2 is 2.25 bits per heavy atom. The Bertz CT molecular complexity index is 356. The summed E-state index contributed by atoms with van der Waals surface area (Å²) in [5.74, 6) is -0.264. The molecule has 1 rings (SSSR count). The first kappa shape index (κ1) is 13.2. The highest BCUT2D eigenvalue weighted by molar-refractivity contribution is 6.31. The summed E-state index contributed by atoms with van der Waals surface area (Å²) in [5.41, 5.74) is 1.54. The molecule has 0 amide bonds. The average Bonchev–Trinajstić information content (AvgIpc) is 2.16. The number of halogens is 2. The lowest BCUT2D eigenvalue weighted by molar-refractivity contribution is 0.509. The molecule has 0 aliphatic carbocycles. The fourth-order valence-corrected chi connectivity index (χ4v) is 2.01. The SMILES string of the molecule is C=C(C)CC(NCC)c1c(F)cccc1Cl. The molecule has 0 fully saturated rings. The molecule has 1 N–H and O–H groups in total. The Hall–Kier alpha value is -0.860. The van der Waals surface area contributed by atoms with Crippen LogP contribution < -0.4 is 5.32 Å². The zero-order chi connectivity index (χ0) is 12.1. The normalized spacial score (nSPS) is 12.5. The van der Waals surface area contributed by atoms with Crippen LogP contribution in [0.1, 0.15) is 31.9 Å². The second kappa shape index (κ2) is 6.02. The van der Waals surface area contributed by atoms with Gasteiger partial charge in [-0.05, 0) is 32.0 Å². The van der Waals surface area contributed by atoms with Gasteiger partial charge in [0, 0.05) is 16.6 Å². The van der Waals surface area contributed by atoms with Crippen molar-refractivity contribution >= 4 is 11.6 Å². The van der Waals surface area contributed by atoms with Gasteiger partial charge in [-0.15, -0.1) is 6.58 Å². The number of hydrogen-bond donors (Lipinski definition) is 1. The monoisotopic (exact) mass is 241 g/mol. The predicted molar refractivity (Wildman–Crippen MR) is 67.3 cm³/mol. The molecule has 1 unspecified atom stereocenters. The Morgan fingerprint density at radius 3 is 2.75 bits per heavy atom. The molecule has 3 heteroatoms. The number of hydrogen-bond acceptors (Lipinski definition) is 1. The maximum Gasteiger partial charge on any atom is 0.129 e. The lowest BCUT2D eigenvalue weighted by Crippen LogP contribution is -2.22. The maximum atomic E-state index is 13.7. The van der Waals surface area contributed by atoms with Gasteiger partial charge in [0.15, 0.2) is 0 Å². The molecule has 0 aliphatic heterocycles. The van der Waals surface area contributed by atoms with Crippen LogP contribution in [-0.4, -0.2) is 6.54 Å². The molecule has 0 saturated carbocycles. The van der Waals surface area contributed by atoms with Gasteiger partial charge in [0.25, 0.3) is 0 Å². The Morgan fingerprint density at radius 1 is 1.56 bits per heavy atom. The van der Waals surface area contributed by atoms with Gasteiger partial charge >= 0.3 is 0 Å². The molecular formula is C13H17ClFN. The highest BCUT2D eigenvalue weighted by atomic mass is 35.5. The van der Waals surface area contributed by atoms with Crippen molar-refractivity contribution in [3.63, 3.8) is 0 Å². The molecule has 0 radical (unpaired) electrons. The Kier molecular flexibility index (Phi) is 4.97. The van der Waals surface area contributed by atoms with Gasteiger partial charge in [0.1, 0.15) is 5.82 Å². The second-order valence-electron chi connectivity index (χ2n) is 3.91. The minimum atomic E-state index is -0.264. The molecule has 16 heavy (non-hydrogen) atoms. The fraction of sp³-hybridized carbons (Fsp3) is 0.385. The quantitative estimate of drug-likeness (QED) is 0.766. The smallest absolute Gasteiger partial charge is 0.129 e. The summed E-state index contributed by atoms with van der Waals surface area (Å²) >= 11 is 6.03. The second-order valence-corrected chi connectivity index (χ2v) is 4.31. The fourth-order valence-electron chi connectivity index (χ4n) is 1.71. The minimum absolute atomic E-state index is 0.101. The summed E-state index contributed by atoms with van der Waals surface area (Å²) in [6.45, 7) is 8.54. The van der Waals surface area contributed by atoms with Crippen molar-refractivity contribution in [2.45, 2.75) is 26.3 Å². The van der Waals surface area contributed by atoms with Gasteiger partial charge < -0.3 is 5.32 Å². The average molecular weight is 242 g/mol. The Balaban J connectivity index is 3.04. The van der Waals surface area contributed by atoms with E-state index in [0.29, 0.717) is 17.0 Å². The van der Waals surface area contributed by atoms with Crippen LogP contribution in [0.25, 0.3) is 0 Å². The van der Waals surface area contributed by atoms with Gasteiger partial charge in [0.05, 0.1) is 0 Å². The predicted octanol–water partition coefficient (Wildman–Crippen LogP) is 4.10. The summed E-state index contributed by atoms with van der Waals surface area (Å²) in [6.07, 6.45) is 0.689. The van der Waals surface area contributed by atoms with Gasteiger partial charge in [0.2, 0.25) is 0 Å². The molecule has 1 nitrogen and oxygen atoms in total. The third kappa shape index (κ3) is 3.32. The molecule has 0 bridgehead atoms. The molecule has 1 aromatic carbocycles. The van der Waals surface area contributed by atoms with Gasteiger partial charge in [-0.25, -0.2) is 4.39 Å². The maximum absolute atomic E-state index is 13.7. The zero-order valence-electron chi connectivity index (χ0n) is 9.69. The van der Waals surface area contributed by atoms with Crippen molar-refractivity contribution in [2.24, 2.45) is 0 Å². The van der Waals surface area contributed by atoms with Crippen LogP contribution in [0.4, 0.5) is 4.39 Å². The van der Waals surface area contributed by atoms with Crippen LogP contribution in [0, 0.1) is 5.82 Å². The number of nitrogens with one attached hydrogen (secondary N) is 1. The van der Waals surface area contributed by atoms with Gasteiger partial charge in [-0.1, -0.05) is 30.2 Å². The first-order valence-electron chi connectivity index (χ1n) is 5.38. The topological polar surface area (TPSA) is 12.0 Å². The highest BCUT2D eigenvalue weighted by Gasteiger charge is 2.17. The van der Waals surface area contributed by atoms with E-state index in [-0.39, 0.29) is 11.9 Å². The van der Waals surface area contributed by atoms with Crippen LogP contribution in [-0.2, 0) is 0 Å². The highest BCUT2D eigenvalue weighted by Crippen LogP contribution is 2.29. The van der Waals surface area contributed by atoms with Crippen molar-refractivity contribution in [2.75, 3.05) is 6.54 Å². The molecule has 0 heterocycles. The molecule has 0 saturated heterocycles. The molecule has 0 aromatic heterocycles. The molecule has 0 aliphatic rings. The van der Waals surface area contributed by atoms with E-state index in [1.165, 1.54) is 6.07 Å². The third-order valence-electron chi connectivity index (χ3n) is 2.35. The standard InChI is InChI=1S/C13H17ClFN/c1-4-16-12(8-9(2)3)13-10(14)6-5-7-11(13)15/h5-7,12,16H,2,4,8H2,1,3H3. The van der Waals surface area contributed by atoms with Crippen LogP contribution in [0.15, 0.2) is 30.4 Å². The van der Waals surface area contributed by atoms with E-state index in [2.05, 4.69) is 11.9 Å². The summed E-state index contributed by atoms with van der Waals surface area (Å²) in [6, 6.07) is 4.66. The van der Waals surface area contributed by atoms with E-state index in [4.69, 9.17) is 11.6 Å². The molecule has 1 aromatic rings. The Labute approximate surface area is 101 Å². The summed E-state index contributed by atoms with van der Waals surface area (Å²) < 4.78 is 13.7. The molecule has 88 valence electrons. The number of rotatable bonds is 5. The first-order chi connectivity index (χ1) is 7.56. The van der Waals surface area contributed by atoms with E-state index in [1.807, 2.05) is 13.8 Å². The van der Waals surface area contributed by atoms with E-state index in [9.17, 15) is 4.39 Å². The van der Waals surface area contributed by atoms with Gasteiger partial charge in [-0.2, -0.15) is 0 Å². The van der Waals surface area contributed by atoms with Crippen molar-refractivity contribution in [3.8, 4) is 0 Å². The van der Waals surface area contributed by atoms with E-state index < -0.39 is 0 Å². The lowest BCUT2D eigenvalue weighted by atomic mass is 9.99. The lowest BCUT2D eigenvalue weighted by Gasteiger charge is -2.20. The largest absolute Gasteiger partial charge is 0.310 e. The first-order valence-corrected chi connectivity index (χ1v) is 5.75. The van der Waals surface area contributed by atoms with Gasteiger partial charge in [-0.3, -0.25) is 0 Å². The van der Waals surface area contributed by atoms with E-state index >= 15 is 0 Å². The van der Waals surface area contributed by atoms with Crippen molar-refractivity contribution in [1.29, 1.82) is 0 Å². The van der Waals surface area contributed by atoms with Crippen molar-refractivity contribution < 1.29 is 4.39 Å². The van der Waals surface area contributed by atoms with E-state index in [1.54, 1.807) is 12.1 Å². The molecule has 1 atom stereocenters. The zero-order valence-corrected chi connectivity index (χ0v) is 10.4. The van der Waals surface area contributed by atoms with Crippen molar-refractivity contribution in [3.05, 3.63) is 46.8 Å². The van der Waals surface area contributed by atoms with Crippen LogP contribution in [0.2, 0.25) is 5.02 Å². The van der Waals surface area contributed by atoms with Crippen LogP contribution in [0.5, 0.6) is 0 Å². The summed E-state index contributed by atoms with van der Waals surface area (Å²) in [4.78, 5) is 0.